The highest BCUT2D eigenvalue weighted by Crippen LogP contribution is 2.20. The van der Waals surface area contributed by atoms with Crippen molar-refractivity contribution in [2.45, 2.75) is 30.3 Å². The van der Waals surface area contributed by atoms with Gasteiger partial charge in [-0.15, -0.1) is 0 Å². The van der Waals surface area contributed by atoms with E-state index in [1.807, 2.05) is 12.1 Å². The van der Waals surface area contributed by atoms with Crippen LogP contribution in [0.15, 0.2) is 64.5 Å². The number of nitrogens with zero attached hydrogens (tertiary/aromatic N) is 3. The topological polar surface area (TPSA) is 143 Å². The molecule has 2 aromatic rings. The maximum Gasteiger partial charge on any atom is 0.323 e. The van der Waals surface area contributed by atoms with Gasteiger partial charge in [0, 0.05) is 56.6 Å². The van der Waals surface area contributed by atoms with Gasteiger partial charge in [-0.2, -0.15) is 4.72 Å². The van der Waals surface area contributed by atoms with E-state index in [0.29, 0.717) is 5.56 Å². The fourth-order valence-corrected chi connectivity index (χ4v) is 5.58. The number of carbonyl (C=O) groups excluding carboxylic acids is 1. The molecule has 0 bridgehead atoms. The van der Waals surface area contributed by atoms with Crippen molar-refractivity contribution in [1.29, 1.82) is 0 Å². The molecule has 1 amide bonds. The smallest absolute Gasteiger partial charge is 0.323 e. The summed E-state index contributed by atoms with van der Waals surface area (Å²) in [6, 6.07) is 13.3. The fraction of sp³-hybridized carbons (Fsp3) is 0.400. The summed E-state index contributed by atoms with van der Waals surface area (Å²) in [6.45, 7) is 6.03. The number of amides is 1. The quantitative estimate of drug-likeness (QED) is 0.392. The monoisotopic (exact) mass is 528 g/mol. The lowest BCUT2D eigenvalue weighted by molar-refractivity contribution is -0.138. The van der Waals surface area contributed by atoms with Gasteiger partial charge in [-0.25, -0.2) is 8.42 Å². The molecule has 12 heteroatoms. The van der Waals surface area contributed by atoms with Crippen LogP contribution in [0.2, 0.25) is 0 Å². The van der Waals surface area contributed by atoms with E-state index in [1.54, 1.807) is 30.3 Å². The number of hydrogen-bond donors (Lipinski definition) is 4. The number of sulfonamides is 1. The molecule has 11 nitrogen and oxygen atoms in total. The van der Waals surface area contributed by atoms with Crippen LogP contribution < -0.4 is 20.3 Å². The lowest BCUT2D eigenvalue weighted by Crippen LogP contribution is -2.58. The van der Waals surface area contributed by atoms with Crippen LogP contribution in [0.3, 0.4) is 0 Å². The third-order valence-corrected chi connectivity index (χ3v) is 7.88. The Morgan fingerprint density at radius 2 is 1.86 bits per heavy atom. The van der Waals surface area contributed by atoms with Gasteiger partial charge in [0.05, 0.1) is 4.90 Å². The fourth-order valence-electron chi connectivity index (χ4n) is 4.37. The molecule has 0 aliphatic carbocycles. The van der Waals surface area contributed by atoms with Gasteiger partial charge in [0.2, 0.25) is 10.0 Å². The van der Waals surface area contributed by atoms with Crippen molar-refractivity contribution in [3.63, 3.8) is 0 Å². The van der Waals surface area contributed by atoms with Crippen molar-refractivity contribution in [1.82, 2.24) is 20.3 Å². The van der Waals surface area contributed by atoms with Crippen LogP contribution in [0.25, 0.3) is 0 Å². The Hall–Kier alpha value is -3.64. The third kappa shape index (κ3) is 6.57. The van der Waals surface area contributed by atoms with E-state index >= 15 is 0 Å². The molecule has 2 atom stereocenters. The standard InChI is InChI=1S/C25H32N6O5S/c1-18-17-30(14-15-31(18)25-26-12-5-13-27-25)20-10-8-19(9-11-20)23(32)28-16-22(24(33)34)29-37(35,36)21-6-3-2-4-7-21/h2-4,6-11,18,22,29H,5,12-17H2,1H3,(H,26,27)(H,28,32)(H,33,34)/t18?,22-/m0/s1. The van der Waals surface area contributed by atoms with E-state index in [0.717, 1.165) is 50.8 Å². The van der Waals surface area contributed by atoms with Crippen molar-refractivity contribution < 1.29 is 23.1 Å². The highest BCUT2D eigenvalue weighted by Gasteiger charge is 2.28. The molecule has 2 aromatic carbocycles. The third-order valence-electron chi connectivity index (χ3n) is 6.39. The molecule has 37 heavy (non-hydrogen) atoms. The highest BCUT2D eigenvalue weighted by molar-refractivity contribution is 7.89. The number of nitrogens with one attached hydrogen (secondary N) is 3. The molecule has 2 aliphatic rings. The Morgan fingerprint density at radius 3 is 2.49 bits per heavy atom. The molecule has 4 N–H and O–H groups in total. The van der Waals surface area contributed by atoms with E-state index in [2.05, 4.69) is 37.1 Å². The first-order valence-corrected chi connectivity index (χ1v) is 13.7. The van der Waals surface area contributed by atoms with Gasteiger partial charge in [-0.05, 0) is 49.7 Å². The summed E-state index contributed by atoms with van der Waals surface area (Å²) in [5.74, 6) is -0.912. The SMILES string of the molecule is CC1CN(c2ccc(C(=O)NC[C@H](NS(=O)(=O)c3ccccc3)C(=O)O)cc2)CCN1C1=NCCCN1. The van der Waals surface area contributed by atoms with E-state index in [9.17, 15) is 23.1 Å². The van der Waals surface area contributed by atoms with Crippen LogP contribution >= 0.6 is 0 Å². The molecule has 198 valence electrons. The summed E-state index contributed by atoms with van der Waals surface area (Å²) in [5, 5.41) is 15.4. The van der Waals surface area contributed by atoms with Crippen LogP contribution in [-0.4, -0.2) is 87.6 Å². The second-order valence-electron chi connectivity index (χ2n) is 9.06. The zero-order chi connectivity index (χ0) is 26.4. The molecule has 1 unspecified atom stereocenters. The van der Waals surface area contributed by atoms with Gasteiger partial charge in [0.25, 0.3) is 5.91 Å². The zero-order valence-electron chi connectivity index (χ0n) is 20.6. The summed E-state index contributed by atoms with van der Waals surface area (Å²) in [5.41, 5.74) is 1.34. The van der Waals surface area contributed by atoms with E-state index < -0.39 is 34.5 Å². The van der Waals surface area contributed by atoms with Crippen LogP contribution in [0.5, 0.6) is 0 Å². The molecule has 0 spiro atoms. The number of hydrogen-bond acceptors (Lipinski definition) is 8. The lowest BCUT2D eigenvalue weighted by Gasteiger charge is -2.43. The molecule has 0 aromatic heterocycles. The molecule has 2 heterocycles. The predicted molar refractivity (Wildman–Crippen MR) is 140 cm³/mol. The Balaban J connectivity index is 1.32. The average molecular weight is 529 g/mol. The summed E-state index contributed by atoms with van der Waals surface area (Å²) in [6.07, 6.45) is 1.05. The van der Waals surface area contributed by atoms with Crippen LogP contribution in [0, 0.1) is 0 Å². The van der Waals surface area contributed by atoms with Gasteiger partial charge in [0.1, 0.15) is 6.04 Å². The molecule has 0 radical (unpaired) electrons. The van der Waals surface area contributed by atoms with E-state index in [4.69, 9.17) is 0 Å². The maximum absolute atomic E-state index is 12.6. The summed E-state index contributed by atoms with van der Waals surface area (Å²) in [4.78, 5) is 33.4. The van der Waals surface area contributed by atoms with Crippen LogP contribution in [-0.2, 0) is 14.8 Å². The highest BCUT2D eigenvalue weighted by atomic mass is 32.2. The number of rotatable bonds is 8. The zero-order valence-corrected chi connectivity index (χ0v) is 21.4. The number of aliphatic carboxylic acids is 1. The largest absolute Gasteiger partial charge is 0.480 e. The van der Waals surface area contributed by atoms with Crippen molar-refractivity contribution >= 4 is 33.5 Å². The molecule has 2 aliphatic heterocycles. The Morgan fingerprint density at radius 1 is 1.14 bits per heavy atom. The summed E-state index contributed by atoms with van der Waals surface area (Å²) in [7, 11) is -4.05. The Bertz CT molecular complexity index is 1240. The molecule has 1 saturated heterocycles. The molecular formula is C25H32N6O5S. The minimum atomic E-state index is -4.05. The maximum atomic E-state index is 12.6. The number of carboxylic acid groups (broad SMARTS) is 1. The number of anilines is 1. The van der Waals surface area contributed by atoms with Crippen molar-refractivity contribution in [3.8, 4) is 0 Å². The van der Waals surface area contributed by atoms with Crippen LogP contribution in [0.4, 0.5) is 5.69 Å². The lowest BCUT2D eigenvalue weighted by atomic mass is 10.1. The van der Waals surface area contributed by atoms with E-state index in [-0.39, 0.29) is 10.9 Å². The predicted octanol–water partition coefficient (Wildman–Crippen LogP) is 0.708. The molecule has 1 fully saturated rings. The second kappa shape index (κ2) is 11.6. The molecule has 0 saturated carbocycles. The minimum Gasteiger partial charge on any atom is -0.480 e. The Labute approximate surface area is 216 Å². The number of carbonyl (C=O) groups is 2. The number of benzene rings is 2. The van der Waals surface area contributed by atoms with Gasteiger partial charge in [-0.1, -0.05) is 18.2 Å². The first-order chi connectivity index (χ1) is 17.7. The summed E-state index contributed by atoms with van der Waals surface area (Å²) >= 11 is 0. The minimum absolute atomic E-state index is 0.0543. The number of piperazine rings is 1. The first kappa shape index (κ1) is 26.4. The molecule has 4 rings (SSSR count). The number of aliphatic imine (C=N–C) groups is 1. The van der Waals surface area contributed by atoms with Gasteiger partial charge < -0.3 is 25.5 Å². The first-order valence-electron chi connectivity index (χ1n) is 12.2. The number of carboxylic acids is 1. The van der Waals surface area contributed by atoms with Crippen LogP contribution in [0.1, 0.15) is 23.7 Å². The average Bonchev–Trinajstić information content (AvgIpc) is 2.91. The molecular weight excluding hydrogens is 496 g/mol. The second-order valence-corrected chi connectivity index (χ2v) is 10.8. The Kier molecular flexibility index (Phi) is 8.29. The summed E-state index contributed by atoms with van der Waals surface area (Å²) < 4.78 is 27.1. The van der Waals surface area contributed by atoms with Gasteiger partial charge >= 0.3 is 5.97 Å². The number of guanidine groups is 1. The van der Waals surface area contributed by atoms with Gasteiger partial charge in [-0.3, -0.25) is 14.6 Å². The van der Waals surface area contributed by atoms with E-state index in [1.165, 1.54) is 12.1 Å². The van der Waals surface area contributed by atoms with Crippen molar-refractivity contribution in [3.05, 3.63) is 60.2 Å². The van der Waals surface area contributed by atoms with Gasteiger partial charge in [0.15, 0.2) is 5.96 Å². The van der Waals surface area contributed by atoms with Crippen molar-refractivity contribution in [2.24, 2.45) is 4.99 Å². The normalized spacial score (nSPS) is 18.9. The van der Waals surface area contributed by atoms with Crippen molar-refractivity contribution in [2.75, 3.05) is 44.2 Å².